The Labute approximate surface area is 182 Å². The second-order valence-corrected chi connectivity index (χ2v) is 7.73. The molecule has 32 heavy (non-hydrogen) atoms. The number of nitrogens with one attached hydrogen (secondary N) is 1. The number of H-pyrrole nitrogens is 1. The maximum atomic E-state index is 14.8. The lowest BCUT2D eigenvalue weighted by molar-refractivity contribution is -0.141. The van der Waals surface area contributed by atoms with E-state index in [1.54, 1.807) is 6.07 Å². The van der Waals surface area contributed by atoms with Gasteiger partial charge in [-0.15, -0.1) is 0 Å². The molecule has 164 valence electrons. The van der Waals surface area contributed by atoms with E-state index in [0.717, 1.165) is 18.5 Å². The number of halogens is 6. The van der Waals surface area contributed by atoms with Crippen LogP contribution in [0.2, 0.25) is 5.02 Å². The van der Waals surface area contributed by atoms with Gasteiger partial charge >= 0.3 is 6.18 Å². The van der Waals surface area contributed by atoms with E-state index in [2.05, 4.69) is 19.9 Å². The SMILES string of the molecule is Fc1cncc(C2c3[nH]c4ccc(Cl)c(F)c4c3CCN2c2nccc(C(F)(F)F)n2)c1. The highest BCUT2D eigenvalue weighted by molar-refractivity contribution is 6.31. The number of hydrogen-bond donors (Lipinski definition) is 1. The van der Waals surface area contributed by atoms with E-state index in [-0.39, 0.29) is 23.9 Å². The van der Waals surface area contributed by atoms with Gasteiger partial charge in [0.05, 0.1) is 17.3 Å². The molecule has 0 saturated carbocycles. The Bertz CT molecular complexity index is 1340. The molecule has 1 aliphatic rings. The Hall–Kier alpha value is -3.27. The van der Waals surface area contributed by atoms with Crippen LogP contribution in [-0.4, -0.2) is 26.5 Å². The zero-order valence-corrected chi connectivity index (χ0v) is 16.8. The molecule has 3 aromatic heterocycles. The first-order valence-electron chi connectivity index (χ1n) is 9.50. The van der Waals surface area contributed by atoms with Crippen LogP contribution in [0, 0.1) is 11.6 Å². The monoisotopic (exact) mass is 465 g/mol. The average Bonchev–Trinajstić information content (AvgIpc) is 3.14. The fourth-order valence-corrected chi connectivity index (χ4v) is 4.26. The van der Waals surface area contributed by atoms with Crippen LogP contribution in [0.25, 0.3) is 10.9 Å². The van der Waals surface area contributed by atoms with Gasteiger partial charge in [0.25, 0.3) is 0 Å². The Kier molecular flexibility index (Phi) is 4.77. The highest BCUT2D eigenvalue weighted by Crippen LogP contribution is 2.41. The van der Waals surface area contributed by atoms with Crippen LogP contribution >= 0.6 is 11.6 Å². The molecule has 0 fully saturated rings. The molecule has 1 aromatic carbocycles. The minimum absolute atomic E-state index is 0.0492. The van der Waals surface area contributed by atoms with Gasteiger partial charge in [-0.05, 0) is 36.2 Å². The van der Waals surface area contributed by atoms with Gasteiger partial charge in [-0.25, -0.2) is 18.7 Å². The van der Waals surface area contributed by atoms with Crippen molar-refractivity contribution in [2.24, 2.45) is 0 Å². The third-order valence-corrected chi connectivity index (χ3v) is 5.70. The van der Waals surface area contributed by atoms with Crippen molar-refractivity contribution in [2.75, 3.05) is 11.4 Å². The molecule has 0 bridgehead atoms. The topological polar surface area (TPSA) is 57.7 Å². The first-order valence-corrected chi connectivity index (χ1v) is 9.87. The molecule has 1 unspecified atom stereocenters. The summed E-state index contributed by atoms with van der Waals surface area (Å²) in [5, 5.41) is 0.249. The number of hydrogen-bond acceptors (Lipinski definition) is 4. The summed E-state index contributed by atoms with van der Waals surface area (Å²) >= 11 is 5.96. The number of fused-ring (bicyclic) bond motifs is 3. The van der Waals surface area contributed by atoms with Gasteiger partial charge in [-0.3, -0.25) is 4.98 Å². The Morgan fingerprint density at radius 3 is 2.69 bits per heavy atom. The zero-order chi connectivity index (χ0) is 22.6. The Morgan fingerprint density at radius 1 is 1.12 bits per heavy atom. The average molecular weight is 466 g/mol. The second-order valence-electron chi connectivity index (χ2n) is 7.32. The molecule has 1 aliphatic heterocycles. The minimum Gasteiger partial charge on any atom is -0.356 e. The smallest absolute Gasteiger partial charge is 0.356 e. The molecule has 11 heteroatoms. The third kappa shape index (κ3) is 3.35. The summed E-state index contributed by atoms with van der Waals surface area (Å²) in [7, 11) is 0. The molecule has 0 radical (unpaired) electrons. The molecule has 0 saturated heterocycles. The van der Waals surface area contributed by atoms with Crippen molar-refractivity contribution in [2.45, 2.75) is 18.6 Å². The van der Waals surface area contributed by atoms with E-state index in [0.29, 0.717) is 27.7 Å². The molecule has 1 N–H and O–H groups in total. The highest BCUT2D eigenvalue weighted by atomic mass is 35.5. The van der Waals surface area contributed by atoms with E-state index in [9.17, 15) is 22.0 Å². The Balaban J connectivity index is 1.73. The molecule has 4 heterocycles. The number of pyridine rings is 1. The zero-order valence-electron chi connectivity index (χ0n) is 16.1. The molecule has 5 rings (SSSR count). The molecule has 1 atom stereocenters. The number of benzene rings is 1. The summed E-state index contributed by atoms with van der Waals surface area (Å²) < 4.78 is 68.6. The van der Waals surface area contributed by atoms with Crippen molar-refractivity contribution >= 4 is 28.5 Å². The fraction of sp³-hybridized carbons (Fsp3) is 0.190. The van der Waals surface area contributed by atoms with Crippen molar-refractivity contribution < 1.29 is 22.0 Å². The summed E-state index contributed by atoms with van der Waals surface area (Å²) in [4.78, 5) is 16.2. The van der Waals surface area contributed by atoms with E-state index >= 15 is 0 Å². The van der Waals surface area contributed by atoms with Crippen molar-refractivity contribution in [3.63, 3.8) is 0 Å². The van der Waals surface area contributed by atoms with Crippen LogP contribution in [0.4, 0.5) is 27.9 Å². The number of nitrogens with zero attached hydrogens (tertiary/aromatic N) is 4. The second kappa shape index (κ2) is 7.40. The normalized spacial score (nSPS) is 16.4. The van der Waals surface area contributed by atoms with Crippen molar-refractivity contribution in [1.29, 1.82) is 0 Å². The summed E-state index contributed by atoms with van der Waals surface area (Å²) in [6.07, 6.45) is -0.936. The summed E-state index contributed by atoms with van der Waals surface area (Å²) in [6.45, 7) is 0.161. The molecule has 5 nitrogen and oxygen atoms in total. The molecular weight excluding hydrogens is 453 g/mol. The van der Waals surface area contributed by atoms with Crippen LogP contribution in [0.3, 0.4) is 0 Å². The van der Waals surface area contributed by atoms with Crippen molar-refractivity contribution in [1.82, 2.24) is 19.9 Å². The van der Waals surface area contributed by atoms with Gasteiger partial charge in [0.1, 0.15) is 11.5 Å². The van der Waals surface area contributed by atoms with Gasteiger partial charge in [-0.1, -0.05) is 11.6 Å². The summed E-state index contributed by atoms with van der Waals surface area (Å²) in [5.74, 6) is -1.40. The number of aromatic nitrogens is 4. The quantitative estimate of drug-likeness (QED) is 0.400. The molecule has 0 amide bonds. The number of alkyl halides is 3. The van der Waals surface area contributed by atoms with Crippen LogP contribution in [0.1, 0.15) is 28.6 Å². The maximum Gasteiger partial charge on any atom is 0.433 e. The first kappa shape index (κ1) is 20.6. The van der Waals surface area contributed by atoms with Gasteiger partial charge in [0, 0.05) is 41.1 Å². The van der Waals surface area contributed by atoms with E-state index in [1.807, 2.05) is 0 Å². The summed E-state index contributed by atoms with van der Waals surface area (Å²) in [5.41, 5.74) is 0.820. The predicted octanol–water partition coefficient (Wildman–Crippen LogP) is 5.46. The number of aromatic amines is 1. The van der Waals surface area contributed by atoms with E-state index < -0.39 is 29.5 Å². The first-order chi connectivity index (χ1) is 15.2. The lowest BCUT2D eigenvalue weighted by atomic mass is 9.93. The lowest BCUT2D eigenvalue weighted by Gasteiger charge is -2.36. The van der Waals surface area contributed by atoms with Gasteiger partial charge < -0.3 is 9.88 Å². The summed E-state index contributed by atoms with van der Waals surface area (Å²) in [6, 6.07) is 4.20. The van der Waals surface area contributed by atoms with Crippen molar-refractivity contribution in [3.05, 3.63) is 82.0 Å². The maximum absolute atomic E-state index is 14.8. The van der Waals surface area contributed by atoms with Gasteiger partial charge in [0.15, 0.2) is 5.82 Å². The molecule has 0 aliphatic carbocycles. The number of anilines is 1. The standard InChI is InChI=1S/C21H13ClF5N5/c22-13-1-2-14-16(17(13)24)12-4-6-32(20-29-5-3-15(31-20)21(25,26)27)19(18(12)30-14)10-7-11(23)9-28-8-10/h1-3,5,7-9,19,30H,4,6H2. The molecular formula is C21H13ClF5N5. The van der Waals surface area contributed by atoms with Crippen LogP contribution < -0.4 is 4.90 Å². The highest BCUT2D eigenvalue weighted by Gasteiger charge is 2.37. The third-order valence-electron chi connectivity index (χ3n) is 5.41. The van der Waals surface area contributed by atoms with Gasteiger partial charge in [0.2, 0.25) is 5.95 Å². The van der Waals surface area contributed by atoms with E-state index in [4.69, 9.17) is 11.6 Å². The van der Waals surface area contributed by atoms with E-state index in [1.165, 1.54) is 23.2 Å². The minimum atomic E-state index is -4.66. The lowest BCUT2D eigenvalue weighted by Crippen LogP contribution is -2.37. The fourth-order valence-electron chi connectivity index (χ4n) is 4.10. The largest absolute Gasteiger partial charge is 0.433 e. The molecule has 0 spiro atoms. The van der Waals surface area contributed by atoms with Crippen molar-refractivity contribution in [3.8, 4) is 0 Å². The molecule has 4 aromatic rings. The number of rotatable bonds is 2. The van der Waals surface area contributed by atoms with Crippen LogP contribution in [0.5, 0.6) is 0 Å². The predicted molar refractivity (Wildman–Crippen MR) is 107 cm³/mol. The Morgan fingerprint density at radius 2 is 1.94 bits per heavy atom. The van der Waals surface area contributed by atoms with Crippen LogP contribution in [0.15, 0.2) is 42.9 Å². The van der Waals surface area contributed by atoms with Crippen LogP contribution in [-0.2, 0) is 12.6 Å². The van der Waals surface area contributed by atoms with Gasteiger partial charge in [-0.2, -0.15) is 13.2 Å².